The molecule has 0 saturated heterocycles. The number of imidazole rings is 1. The predicted molar refractivity (Wildman–Crippen MR) is 125 cm³/mol. The minimum Gasteiger partial charge on any atom is -0.497 e. The maximum Gasteiger partial charge on any atom is 0.358 e. The van der Waals surface area contributed by atoms with Gasteiger partial charge in [-0.15, -0.1) is 0 Å². The fraction of sp³-hybridized carbons (Fsp3) is 0.185. The van der Waals surface area contributed by atoms with E-state index < -0.39 is 5.97 Å². The van der Waals surface area contributed by atoms with Crippen LogP contribution < -0.4 is 4.74 Å². The first-order chi connectivity index (χ1) is 15.7. The molecule has 1 aliphatic carbocycles. The van der Waals surface area contributed by atoms with E-state index in [0.717, 1.165) is 24.2 Å². The molecular formula is C27H24N2O3. The molecule has 32 heavy (non-hydrogen) atoms. The van der Waals surface area contributed by atoms with Gasteiger partial charge in [0.2, 0.25) is 0 Å². The summed E-state index contributed by atoms with van der Waals surface area (Å²) in [5, 5.41) is 0. The Bertz CT molecular complexity index is 1340. The molecule has 0 radical (unpaired) electrons. The van der Waals surface area contributed by atoms with Crippen molar-refractivity contribution in [3.63, 3.8) is 0 Å². The first-order valence-corrected chi connectivity index (χ1v) is 10.8. The van der Waals surface area contributed by atoms with Gasteiger partial charge >= 0.3 is 5.97 Å². The van der Waals surface area contributed by atoms with Crippen LogP contribution in [0.15, 0.2) is 73.1 Å². The van der Waals surface area contributed by atoms with E-state index in [2.05, 4.69) is 47.4 Å². The number of pyridine rings is 1. The normalized spacial score (nSPS) is 13.2. The lowest BCUT2D eigenvalue weighted by atomic mass is 9.80. The Balaban J connectivity index is 1.69. The smallest absolute Gasteiger partial charge is 0.358 e. The molecule has 2 aromatic carbocycles. The lowest BCUT2D eigenvalue weighted by Crippen LogP contribution is -2.07. The summed E-state index contributed by atoms with van der Waals surface area (Å²) in [7, 11) is 1.70. The Morgan fingerprint density at radius 2 is 1.88 bits per heavy atom. The van der Waals surface area contributed by atoms with Crippen molar-refractivity contribution in [1.82, 2.24) is 9.38 Å². The summed E-state index contributed by atoms with van der Waals surface area (Å²) < 4.78 is 12.4. The third-order valence-electron chi connectivity index (χ3n) is 5.88. The molecule has 0 spiro atoms. The molecule has 0 aliphatic heterocycles. The summed E-state index contributed by atoms with van der Waals surface area (Å²) in [4.78, 5) is 16.7. The second-order valence-electron chi connectivity index (χ2n) is 7.77. The van der Waals surface area contributed by atoms with Crippen molar-refractivity contribution in [2.75, 3.05) is 13.7 Å². The van der Waals surface area contributed by atoms with E-state index >= 15 is 0 Å². The number of hydrogen-bond donors (Lipinski definition) is 0. The highest BCUT2D eigenvalue weighted by Crippen LogP contribution is 2.41. The lowest BCUT2D eigenvalue weighted by Gasteiger charge is -2.25. The Hall–Kier alpha value is -3.86. The van der Waals surface area contributed by atoms with E-state index in [1.807, 2.05) is 28.8 Å². The molecule has 0 saturated carbocycles. The number of aryl methyl sites for hydroxylation is 1. The number of benzene rings is 2. The Labute approximate surface area is 186 Å². The molecule has 5 heteroatoms. The summed E-state index contributed by atoms with van der Waals surface area (Å²) in [6, 6.07) is 20.9. The Morgan fingerprint density at radius 1 is 1.03 bits per heavy atom. The zero-order valence-electron chi connectivity index (χ0n) is 18.2. The molecule has 0 fully saturated rings. The maximum absolute atomic E-state index is 12.1. The van der Waals surface area contributed by atoms with Crippen molar-refractivity contribution in [3.8, 4) is 5.75 Å². The molecule has 1 aliphatic rings. The number of methoxy groups -OCH3 is 1. The van der Waals surface area contributed by atoms with Gasteiger partial charge in [-0.3, -0.25) is 0 Å². The number of hydrogen-bond acceptors (Lipinski definition) is 4. The fourth-order valence-electron chi connectivity index (χ4n) is 4.39. The first kappa shape index (κ1) is 20.1. The number of carbonyl (C=O) groups is 1. The standard InChI is InChI=1S/C27H24N2O3/c1-3-32-27(30)24-17-29-14-13-20(16-25(29)28-24)26-22(18-7-5-4-6-8-18)11-9-19-15-21(31-2)10-12-23(19)26/h4-8,10,12-17H,3,9,11H2,1-2H3. The number of allylic oxidation sites excluding steroid dienone is 1. The zero-order valence-corrected chi connectivity index (χ0v) is 18.2. The van der Waals surface area contributed by atoms with Crippen LogP contribution in [0.3, 0.4) is 0 Å². The first-order valence-electron chi connectivity index (χ1n) is 10.8. The van der Waals surface area contributed by atoms with E-state index in [-0.39, 0.29) is 0 Å². The summed E-state index contributed by atoms with van der Waals surface area (Å²) >= 11 is 0. The molecule has 0 N–H and O–H groups in total. The third-order valence-corrected chi connectivity index (χ3v) is 5.88. The van der Waals surface area contributed by atoms with Gasteiger partial charge in [0.15, 0.2) is 5.69 Å². The lowest BCUT2D eigenvalue weighted by molar-refractivity contribution is 0.0520. The third kappa shape index (κ3) is 3.56. The van der Waals surface area contributed by atoms with Crippen LogP contribution in [0.25, 0.3) is 16.8 Å². The van der Waals surface area contributed by atoms with E-state index in [4.69, 9.17) is 9.47 Å². The molecule has 0 unspecified atom stereocenters. The van der Waals surface area contributed by atoms with Gasteiger partial charge in [0.1, 0.15) is 11.4 Å². The average Bonchev–Trinajstić information content (AvgIpc) is 3.27. The van der Waals surface area contributed by atoms with Gasteiger partial charge < -0.3 is 13.9 Å². The molecule has 4 aromatic rings. The molecule has 160 valence electrons. The topological polar surface area (TPSA) is 52.8 Å². The number of rotatable bonds is 5. The number of fused-ring (bicyclic) bond motifs is 2. The van der Waals surface area contributed by atoms with Gasteiger partial charge in [-0.2, -0.15) is 0 Å². The van der Waals surface area contributed by atoms with Crippen LogP contribution in [0.1, 0.15) is 46.1 Å². The maximum atomic E-state index is 12.1. The predicted octanol–water partition coefficient (Wildman–Crippen LogP) is 5.42. The number of ether oxygens (including phenoxy) is 2. The number of nitrogens with zero attached hydrogens (tertiary/aromatic N) is 2. The van der Waals surface area contributed by atoms with Crippen LogP contribution in [0.5, 0.6) is 5.75 Å². The van der Waals surface area contributed by atoms with Crippen LogP contribution in [0, 0.1) is 0 Å². The van der Waals surface area contributed by atoms with Gasteiger partial charge in [-0.1, -0.05) is 36.4 Å². The molecule has 5 nitrogen and oxygen atoms in total. The van der Waals surface area contributed by atoms with Crippen molar-refractivity contribution in [3.05, 3.63) is 101 Å². The monoisotopic (exact) mass is 424 g/mol. The highest BCUT2D eigenvalue weighted by molar-refractivity contribution is 6.01. The highest BCUT2D eigenvalue weighted by atomic mass is 16.5. The van der Waals surface area contributed by atoms with E-state index in [1.54, 1.807) is 20.2 Å². The quantitative estimate of drug-likeness (QED) is 0.401. The molecule has 2 aromatic heterocycles. The van der Waals surface area contributed by atoms with Crippen molar-refractivity contribution < 1.29 is 14.3 Å². The van der Waals surface area contributed by atoms with Crippen molar-refractivity contribution >= 4 is 22.8 Å². The number of aromatic nitrogens is 2. The molecule has 2 heterocycles. The van der Waals surface area contributed by atoms with Gasteiger partial charge in [-0.25, -0.2) is 9.78 Å². The SMILES string of the molecule is CCOC(=O)c1cn2ccc(C3=C(c4ccccc4)CCc4cc(OC)ccc43)cc2n1. The molecule has 5 rings (SSSR count). The average molecular weight is 425 g/mol. The summed E-state index contributed by atoms with van der Waals surface area (Å²) in [6.45, 7) is 2.12. The summed E-state index contributed by atoms with van der Waals surface area (Å²) in [5.41, 5.74) is 8.31. The second kappa shape index (κ2) is 8.35. The minimum absolute atomic E-state index is 0.315. The van der Waals surface area contributed by atoms with Gasteiger partial charge in [0.25, 0.3) is 0 Å². The van der Waals surface area contributed by atoms with Crippen molar-refractivity contribution in [1.29, 1.82) is 0 Å². The molecule has 0 atom stereocenters. The van der Waals surface area contributed by atoms with Crippen LogP contribution in [0.2, 0.25) is 0 Å². The fourth-order valence-corrected chi connectivity index (χ4v) is 4.39. The van der Waals surface area contributed by atoms with Crippen LogP contribution in [-0.2, 0) is 11.2 Å². The highest BCUT2D eigenvalue weighted by Gasteiger charge is 2.23. The van der Waals surface area contributed by atoms with E-state index in [0.29, 0.717) is 17.9 Å². The second-order valence-corrected chi connectivity index (χ2v) is 7.77. The van der Waals surface area contributed by atoms with Crippen molar-refractivity contribution in [2.24, 2.45) is 0 Å². The largest absolute Gasteiger partial charge is 0.497 e. The van der Waals surface area contributed by atoms with Gasteiger partial charge in [0, 0.05) is 12.4 Å². The number of carbonyl (C=O) groups excluding carboxylic acids is 1. The molecular weight excluding hydrogens is 400 g/mol. The van der Waals surface area contributed by atoms with Crippen LogP contribution >= 0.6 is 0 Å². The zero-order chi connectivity index (χ0) is 22.1. The Kier molecular flexibility index (Phi) is 5.23. The summed E-state index contributed by atoms with van der Waals surface area (Å²) in [6.07, 6.45) is 5.56. The Morgan fingerprint density at radius 3 is 2.66 bits per heavy atom. The van der Waals surface area contributed by atoms with Crippen molar-refractivity contribution in [2.45, 2.75) is 19.8 Å². The molecule has 0 bridgehead atoms. The van der Waals surface area contributed by atoms with Crippen LogP contribution in [0.4, 0.5) is 0 Å². The van der Waals surface area contributed by atoms with Gasteiger partial charge in [0.05, 0.1) is 13.7 Å². The van der Waals surface area contributed by atoms with Crippen LogP contribution in [-0.4, -0.2) is 29.1 Å². The summed E-state index contributed by atoms with van der Waals surface area (Å²) in [5.74, 6) is 0.464. The minimum atomic E-state index is -0.406. The molecule has 0 amide bonds. The van der Waals surface area contributed by atoms with Gasteiger partial charge in [-0.05, 0) is 77.4 Å². The van der Waals surface area contributed by atoms with E-state index in [9.17, 15) is 4.79 Å². The van der Waals surface area contributed by atoms with E-state index in [1.165, 1.54) is 27.8 Å². The number of esters is 1.